The summed E-state index contributed by atoms with van der Waals surface area (Å²) in [6.07, 6.45) is -3.02. The average molecular weight is 503 g/mol. The van der Waals surface area contributed by atoms with Gasteiger partial charge in [-0.2, -0.15) is 18.3 Å². The number of amides is 3. The number of carbonyl (C=O) groups is 2. The highest BCUT2D eigenvalue weighted by Gasteiger charge is 2.41. The van der Waals surface area contributed by atoms with Crippen LogP contribution in [0.15, 0.2) is 18.2 Å². The molecule has 190 valence electrons. The van der Waals surface area contributed by atoms with Crippen LogP contribution in [0.5, 0.6) is 0 Å². The number of pyridine rings is 2. The van der Waals surface area contributed by atoms with E-state index in [1.165, 1.54) is 11.0 Å². The number of urea groups is 1. The first-order valence-corrected chi connectivity index (χ1v) is 11.6. The number of anilines is 3. The summed E-state index contributed by atoms with van der Waals surface area (Å²) in [6, 6.07) is 2.30. The number of carbonyl (C=O) groups excluding carboxylic acids is 2. The number of rotatable bonds is 3. The Morgan fingerprint density at radius 3 is 2.75 bits per heavy atom. The standard InChI is InChI=1S/C23H25F3N8O2/c1-11-9-16(21(35)28-13(3)23(24,25)26)29-20-17(11)33-8-4-5-14(10-33)34(20)22(36)30-19-15-7-6-12(2)27-18(15)31-32-19/h6-7,9,13-14H,4-5,8,10H2,1-3H3,(H,28,35)(H2,27,30,31,32,36)/t13-,14+/m1/s1. The molecule has 36 heavy (non-hydrogen) atoms. The minimum Gasteiger partial charge on any atom is -0.366 e. The number of aryl methyl sites for hydroxylation is 2. The maximum absolute atomic E-state index is 13.6. The van der Waals surface area contributed by atoms with Gasteiger partial charge in [0, 0.05) is 18.8 Å². The highest BCUT2D eigenvalue weighted by molar-refractivity contribution is 6.08. The molecule has 0 saturated carbocycles. The molecule has 2 bridgehead atoms. The molecule has 0 aromatic carbocycles. The average Bonchev–Trinajstić information content (AvgIpc) is 3.19. The molecule has 3 aromatic rings. The van der Waals surface area contributed by atoms with Gasteiger partial charge in [0.15, 0.2) is 17.3 Å². The van der Waals surface area contributed by atoms with Gasteiger partial charge < -0.3 is 10.2 Å². The third kappa shape index (κ3) is 4.18. The summed E-state index contributed by atoms with van der Waals surface area (Å²) in [5.74, 6) is -0.425. The van der Waals surface area contributed by atoms with Crippen LogP contribution < -0.4 is 20.4 Å². The van der Waals surface area contributed by atoms with Crippen molar-refractivity contribution in [2.45, 2.75) is 51.9 Å². The van der Waals surface area contributed by atoms with Gasteiger partial charge in [0.2, 0.25) is 0 Å². The van der Waals surface area contributed by atoms with Crippen molar-refractivity contribution in [3.05, 3.63) is 35.2 Å². The Morgan fingerprint density at radius 2 is 2.00 bits per heavy atom. The Balaban J connectivity index is 1.51. The maximum atomic E-state index is 13.6. The molecule has 2 aliphatic rings. The lowest BCUT2D eigenvalue weighted by atomic mass is 9.98. The van der Waals surface area contributed by atoms with E-state index in [9.17, 15) is 22.8 Å². The fourth-order valence-corrected chi connectivity index (χ4v) is 4.74. The minimum atomic E-state index is -4.59. The fourth-order valence-electron chi connectivity index (χ4n) is 4.74. The summed E-state index contributed by atoms with van der Waals surface area (Å²) in [4.78, 5) is 38.6. The fraction of sp³-hybridized carbons (Fsp3) is 0.435. The molecule has 0 spiro atoms. The summed E-state index contributed by atoms with van der Waals surface area (Å²) in [7, 11) is 0. The first-order valence-electron chi connectivity index (χ1n) is 11.6. The summed E-state index contributed by atoms with van der Waals surface area (Å²) >= 11 is 0. The number of aromatic amines is 1. The SMILES string of the molecule is Cc1ccc2c(NC(=O)N3c4nc(C(=O)N[C@H](C)C(F)(F)F)cc(C)c4N4CCC[C@H]3C4)n[nH]c2n1. The van der Waals surface area contributed by atoms with Crippen molar-refractivity contribution in [1.82, 2.24) is 25.5 Å². The van der Waals surface area contributed by atoms with Crippen molar-refractivity contribution in [2.24, 2.45) is 0 Å². The largest absolute Gasteiger partial charge is 0.408 e. The third-order valence-corrected chi connectivity index (χ3v) is 6.55. The lowest BCUT2D eigenvalue weighted by Gasteiger charge is -2.46. The van der Waals surface area contributed by atoms with E-state index < -0.39 is 24.2 Å². The highest BCUT2D eigenvalue weighted by atomic mass is 19.4. The van der Waals surface area contributed by atoms with E-state index in [1.807, 2.05) is 12.2 Å². The van der Waals surface area contributed by atoms with Crippen LogP contribution in [-0.4, -0.2) is 63.5 Å². The van der Waals surface area contributed by atoms with Crippen LogP contribution in [0.4, 0.5) is 35.3 Å². The molecule has 3 amide bonds. The van der Waals surface area contributed by atoms with Crippen LogP contribution in [0.25, 0.3) is 11.0 Å². The lowest BCUT2D eigenvalue weighted by Crippen LogP contribution is -2.56. The number of piperidine rings is 1. The first kappa shape index (κ1) is 23.8. The molecule has 0 aliphatic carbocycles. The smallest absolute Gasteiger partial charge is 0.366 e. The van der Waals surface area contributed by atoms with E-state index in [2.05, 4.69) is 30.4 Å². The van der Waals surface area contributed by atoms with Gasteiger partial charge in [0.05, 0.1) is 17.1 Å². The molecular weight excluding hydrogens is 477 g/mol. The number of fused-ring (bicyclic) bond motifs is 5. The Labute approximate surface area is 204 Å². The van der Waals surface area contributed by atoms with Crippen molar-refractivity contribution in [3.8, 4) is 0 Å². The molecule has 2 atom stereocenters. The van der Waals surface area contributed by atoms with Crippen molar-refractivity contribution >= 4 is 40.3 Å². The molecule has 10 nitrogen and oxygen atoms in total. The number of alkyl halides is 3. The van der Waals surface area contributed by atoms with E-state index in [-0.39, 0.29) is 17.6 Å². The summed E-state index contributed by atoms with van der Waals surface area (Å²) in [5, 5.41) is 12.4. The predicted molar refractivity (Wildman–Crippen MR) is 127 cm³/mol. The van der Waals surface area contributed by atoms with E-state index >= 15 is 0 Å². The molecule has 5 heterocycles. The second-order valence-corrected chi connectivity index (χ2v) is 9.20. The zero-order chi connectivity index (χ0) is 25.8. The molecule has 1 saturated heterocycles. The minimum absolute atomic E-state index is 0.189. The monoisotopic (exact) mass is 502 g/mol. The zero-order valence-corrected chi connectivity index (χ0v) is 19.9. The Kier molecular flexibility index (Phi) is 5.72. The summed E-state index contributed by atoms with van der Waals surface area (Å²) in [5.41, 5.74) is 2.46. The Morgan fingerprint density at radius 1 is 1.22 bits per heavy atom. The maximum Gasteiger partial charge on any atom is 0.408 e. The Hall–Kier alpha value is -3.90. The molecular formula is C23H25F3N8O2. The van der Waals surface area contributed by atoms with Gasteiger partial charge in [0.1, 0.15) is 11.7 Å². The molecule has 5 rings (SSSR count). The predicted octanol–water partition coefficient (Wildman–Crippen LogP) is 3.67. The van der Waals surface area contributed by atoms with E-state index in [0.717, 1.165) is 25.6 Å². The number of nitrogens with one attached hydrogen (secondary N) is 3. The van der Waals surface area contributed by atoms with Crippen molar-refractivity contribution in [1.29, 1.82) is 0 Å². The van der Waals surface area contributed by atoms with Gasteiger partial charge in [-0.05, 0) is 57.4 Å². The van der Waals surface area contributed by atoms with Crippen LogP contribution in [0.2, 0.25) is 0 Å². The van der Waals surface area contributed by atoms with Crippen LogP contribution in [0.3, 0.4) is 0 Å². The van der Waals surface area contributed by atoms with E-state index in [4.69, 9.17) is 0 Å². The van der Waals surface area contributed by atoms with Gasteiger partial charge in [-0.25, -0.2) is 14.8 Å². The Bertz CT molecular complexity index is 1360. The van der Waals surface area contributed by atoms with Gasteiger partial charge >= 0.3 is 12.2 Å². The van der Waals surface area contributed by atoms with E-state index in [0.29, 0.717) is 41.1 Å². The summed E-state index contributed by atoms with van der Waals surface area (Å²) in [6.45, 7) is 5.80. The van der Waals surface area contributed by atoms with Crippen LogP contribution in [0, 0.1) is 13.8 Å². The highest BCUT2D eigenvalue weighted by Crippen LogP contribution is 2.41. The second kappa shape index (κ2) is 8.64. The molecule has 0 radical (unpaired) electrons. The van der Waals surface area contributed by atoms with Crippen LogP contribution >= 0.6 is 0 Å². The topological polar surface area (TPSA) is 119 Å². The van der Waals surface area contributed by atoms with E-state index in [1.54, 1.807) is 19.1 Å². The number of nitrogens with zero attached hydrogens (tertiary/aromatic N) is 5. The summed E-state index contributed by atoms with van der Waals surface area (Å²) < 4.78 is 39.0. The number of hydrogen-bond acceptors (Lipinski definition) is 6. The third-order valence-electron chi connectivity index (χ3n) is 6.55. The van der Waals surface area contributed by atoms with Crippen LogP contribution in [-0.2, 0) is 0 Å². The van der Waals surface area contributed by atoms with Crippen molar-refractivity contribution in [2.75, 3.05) is 28.2 Å². The molecule has 0 unspecified atom stereocenters. The number of H-pyrrole nitrogens is 1. The second-order valence-electron chi connectivity index (χ2n) is 9.20. The van der Waals surface area contributed by atoms with Gasteiger partial charge in [-0.15, -0.1) is 0 Å². The zero-order valence-electron chi connectivity index (χ0n) is 19.9. The van der Waals surface area contributed by atoms with Crippen molar-refractivity contribution < 1.29 is 22.8 Å². The number of aromatic nitrogens is 4. The molecule has 1 fully saturated rings. The first-order chi connectivity index (χ1) is 17.0. The van der Waals surface area contributed by atoms with Crippen LogP contribution in [0.1, 0.15) is 41.5 Å². The number of halogens is 3. The molecule has 3 aromatic heterocycles. The quantitative estimate of drug-likeness (QED) is 0.503. The normalized spacial score (nSPS) is 18.1. The molecule has 3 N–H and O–H groups in total. The van der Waals surface area contributed by atoms with Crippen molar-refractivity contribution in [3.63, 3.8) is 0 Å². The van der Waals surface area contributed by atoms with Gasteiger partial charge in [-0.1, -0.05) is 0 Å². The van der Waals surface area contributed by atoms with Gasteiger partial charge in [0.25, 0.3) is 5.91 Å². The lowest BCUT2D eigenvalue weighted by molar-refractivity contribution is -0.149. The molecule has 13 heteroatoms. The number of hydrogen-bond donors (Lipinski definition) is 3. The van der Waals surface area contributed by atoms with Gasteiger partial charge in [-0.3, -0.25) is 20.1 Å². The molecule has 2 aliphatic heterocycles.